The lowest BCUT2D eigenvalue weighted by Crippen LogP contribution is -2.57. The van der Waals surface area contributed by atoms with Crippen LogP contribution in [0.2, 0.25) is 0 Å². The minimum Gasteiger partial charge on any atom is -0.481 e. The second-order valence-electron chi connectivity index (χ2n) is 8.42. The quantitative estimate of drug-likeness (QED) is 0.187. The zero-order chi connectivity index (χ0) is 25.3. The van der Waals surface area contributed by atoms with E-state index in [2.05, 4.69) is 10.6 Å². The number of carboxylic acids is 3. The van der Waals surface area contributed by atoms with E-state index in [4.69, 9.17) is 15.9 Å². The molecule has 1 fully saturated rings. The van der Waals surface area contributed by atoms with Crippen LogP contribution in [0.5, 0.6) is 0 Å². The van der Waals surface area contributed by atoms with Crippen molar-refractivity contribution in [3.8, 4) is 0 Å². The number of amides is 3. The summed E-state index contributed by atoms with van der Waals surface area (Å²) in [5.74, 6) is -6.06. The van der Waals surface area contributed by atoms with Gasteiger partial charge in [-0.3, -0.25) is 24.0 Å². The van der Waals surface area contributed by atoms with E-state index >= 15 is 0 Å². The number of aliphatic carboxylic acids is 3. The molecule has 0 aromatic carbocycles. The second-order valence-corrected chi connectivity index (χ2v) is 8.42. The Morgan fingerprint density at radius 1 is 1.00 bits per heavy atom. The first-order valence-electron chi connectivity index (χ1n) is 10.7. The minimum absolute atomic E-state index is 0.00154. The Balaban J connectivity index is 2.98. The summed E-state index contributed by atoms with van der Waals surface area (Å²) in [7, 11) is 0. The molecule has 13 nitrogen and oxygen atoms in total. The third-order valence-corrected chi connectivity index (χ3v) is 5.15. The first kappa shape index (κ1) is 27.8. The lowest BCUT2D eigenvalue weighted by Gasteiger charge is -2.30. The topological polar surface area (TPSA) is 216 Å². The lowest BCUT2D eigenvalue weighted by molar-refractivity contribution is -0.145. The van der Waals surface area contributed by atoms with Crippen molar-refractivity contribution in [2.45, 2.75) is 76.5 Å². The normalized spacial score (nSPS) is 18.3. The van der Waals surface area contributed by atoms with Crippen LogP contribution in [0.1, 0.15) is 52.4 Å². The highest BCUT2D eigenvalue weighted by atomic mass is 16.4. The highest BCUT2D eigenvalue weighted by Crippen LogP contribution is 2.20. The Morgan fingerprint density at radius 3 is 2.15 bits per heavy atom. The molecule has 0 bridgehead atoms. The molecule has 1 aliphatic rings. The van der Waals surface area contributed by atoms with Gasteiger partial charge in [0.1, 0.15) is 18.1 Å². The fourth-order valence-electron chi connectivity index (χ4n) is 3.55. The molecule has 33 heavy (non-hydrogen) atoms. The molecule has 0 aromatic heterocycles. The summed E-state index contributed by atoms with van der Waals surface area (Å²) in [6.45, 7) is 3.76. The molecular weight excluding hydrogens is 440 g/mol. The van der Waals surface area contributed by atoms with Gasteiger partial charge in [-0.1, -0.05) is 13.8 Å². The Labute approximate surface area is 190 Å². The summed E-state index contributed by atoms with van der Waals surface area (Å²) in [6, 6.07) is -4.91. The Bertz CT molecular complexity index is 771. The van der Waals surface area contributed by atoms with Crippen LogP contribution in [-0.4, -0.2) is 86.6 Å². The van der Waals surface area contributed by atoms with E-state index in [-0.39, 0.29) is 31.7 Å². The number of nitrogens with two attached hydrogens (primary N) is 1. The van der Waals surface area contributed by atoms with Crippen molar-refractivity contribution in [3.63, 3.8) is 0 Å². The van der Waals surface area contributed by atoms with Gasteiger partial charge in [0, 0.05) is 13.0 Å². The van der Waals surface area contributed by atoms with Gasteiger partial charge in [-0.2, -0.15) is 0 Å². The lowest BCUT2D eigenvalue weighted by atomic mass is 10.0. The SMILES string of the molecule is CC(C)C[C@H](NC(=O)[C@@H]1CCCN1C(=O)[C@H](CCC(=O)O)NC(=O)[C@@H](N)CC(=O)O)C(=O)O. The van der Waals surface area contributed by atoms with Crippen molar-refractivity contribution < 1.29 is 44.1 Å². The van der Waals surface area contributed by atoms with Crippen LogP contribution in [0, 0.1) is 5.92 Å². The van der Waals surface area contributed by atoms with E-state index in [0.717, 1.165) is 0 Å². The average molecular weight is 472 g/mol. The second kappa shape index (κ2) is 12.7. The van der Waals surface area contributed by atoms with Crippen molar-refractivity contribution in [1.82, 2.24) is 15.5 Å². The summed E-state index contributed by atoms with van der Waals surface area (Å²) in [5, 5.41) is 31.9. The minimum atomic E-state index is -1.45. The molecule has 3 amide bonds. The third kappa shape index (κ3) is 9.04. The van der Waals surface area contributed by atoms with Crippen LogP contribution in [0.3, 0.4) is 0 Å². The Hall–Kier alpha value is -3.22. The number of rotatable bonds is 13. The van der Waals surface area contributed by atoms with E-state index < -0.39 is 72.6 Å². The number of carboxylic acid groups (broad SMARTS) is 3. The summed E-state index contributed by atoms with van der Waals surface area (Å²) in [4.78, 5) is 72.5. The summed E-state index contributed by atoms with van der Waals surface area (Å²) < 4.78 is 0. The number of nitrogens with one attached hydrogen (secondary N) is 2. The Morgan fingerprint density at radius 2 is 1.64 bits per heavy atom. The molecule has 186 valence electrons. The predicted molar refractivity (Wildman–Crippen MR) is 113 cm³/mol. The zero-order valence-corrected chi connectivity index (χ0v) is 18.7. The van der Waals surface area contributed by atoms with Crippen molar-refractivity contribution in [2.24, 2.45) is 11.7 Å². The van der Waals surface area contributed by atoms with E-state index in [1.165, 1.54) is 4.90 Å². The van der Waals surface area contributed by atoms with E-state index in [1.54, 1.807) is 13.8 Å². The predicted octanol–water partition coefficient (Wildman–Crippen LogP) is -1.26. The maximum Gasteiger partial charge on any atom is 0.326 e. The van der Waals surface area contributed by atoms with Crippen LogP contribution >= 0.6 is 0 Å². The molecule has 0 spiro atoms. The van der Waals surface area contributed by atoms with Crippen molar-refractivity contribution in [2.75, 3.05) is 6.54 Å². The van der Waals surface area contributed by atoms with E-state index in [9.17, 15) is 33.9 Å². The molecule has 1 aliphatic heterocycles. The van der Waals surface area contributed by atoms with Gasteiger partial charge >= 0.3 is 17.9 Å². The van der Waals surface area contributed by atoms with Crippen LogP contribution in [0.15, 0.2) is 0 Å². The highest BCUT2D eigenvalue weighted by Gasteiger charge is 2.39. The molecule has 0 aliphatic carbocycles. The monoisotopic (exact) mass is 472 g/mol. The molecule has 0 aromatic rings. The van der Waals surface area contributed by atoms with Crippen molar-refractivity contribution in [3.05, 3.63) is 0 Å². The molecule has 1 saturated heterocycles. The van der Waals surface area contributed by atoms with Gasteiger partial charge in [-0.15, -0.1) is 0 Å². The van der Waals surface area contributed by atoms with Gasteiger partial charge in [-0.05, 0) is 31.6 Å². The van der Waals surface area contributed by atoms with Gasteiger partial charge in [0.15, 0.2) is 0 Å². The van der Waals surface area contributed by atoms with Gasteiger partial charge in [0.2, 0.25) is 17.7 Å². The first-order chi connectivity index (χ1) is 15.3. The van der Waals surface area contributed by atoms with Gasteiger partial charge in [-0.25, -0.2) is 4.79 Å². The van der Waals surface area contributed by atoms with E-state index in [1.807, 2.05) is 0 Å². The number of hydrogen-bond donors (Lipinski definition) is 6. The number of nitrogens with zero attached hydrogens (tertiary/aromatic N) is 1. The average Bonchev–Trinajstić information content (AvgIpc) is 3.18. The first-order valence-corrected chi connectivity index (χ1v) is 10.7. The van der Waals surface area contributed by atoms with Crippen LogP contribution in [0.25, 0.3) is 0 Å². The number of carbonyl (C=O) groups is 6. The maximum absolute atomic E-state index is 13.1. The van der Waals surface area contributed by atoms with Crippen LogP contribution in [-0.2, 0) is 28.8 Å². The number of likely N-dealkylation sites (tertiary alicyclic amines) is 1. The molecule has 7 N–H and O–H groups in total. The maximum atomic E-state index is 13.1. The smallest absolute Gasteiger partial charge is 0.326 e. The molecule has 0 unspecified atom stereocenters. The fraction of sp³-hybridized carbons (Fsp3) is 0.700. The van der Waals surface area contributed by atoms with Crippen molar-refractivity contribution >= 4 is 35.6 Å². The van der Waals surface area contributed by atoms with Gasteiger partial charge < -0.3 is 36.6 Å². The summed E-state index contributed by atoms with van der Waals surface area (Å²) in [6.07, 6.45) is -0.540. The molecule has 13 heteroatoms. The Kier molecular flexibility index (Phi) is 10.7. The van der Waals surface area contributed by atoms with Crippen LogP contribution in [0.4, 0.5) is 0 Å². The summed E-state index contributed by atoms with van der Waals surface area (Å²) >= 11 is 0. The zero-order valence-electron chi connectivity index (χ0n) is 18.7. The number of hydrogen-bond acceptors (Lipinski definition) is 7. The number of carbonyl (C=O) groups excluding carboxylic acids is 3. The fourth-order valence-corrected chi connectivity index (χ4v) is 3.55. The molecule has 0 saturated carbocycles. The third-order valence-electron chi connectivity index (χ3n) is 5.15. The van der Waals surface area contributed by atoms with Crippen LogP contribution < -0.4 is 16.4 Å². The molecule has 4 atom stereocenters. The summed E-state index contributed by atoms with van der Waals surface area (Å²) in [5.41, 5.74) is 5.52. The van der Waals surface area contributed by atoms with Crippen molar-refractivity contribution in [1.29, 1.82) is 0 Å². The van der Waals surface area contributed by atoms with E-state index in [0.29, 0.717) is 6.42 Å². The van der Waals surface area contributed by atoms with Gasteiger partial charge in [0.25, 0.3) is 0 Å². The molecule has 1 heterocycles. The van der Waals surface area contributed by atoms with Gasteiger partial charge in [0.05, 0.1) is 12.5 Å². The highest BCUT2D eigenvalue weighted by molar-refractivity contribution is 5.95. The molecule has 1 rings (SSSR count). The molecule has 0 radical (unpaired) electrons. The molecular formula is C20H32N4O9. The standard InChI is InChI=1S/C20H32N4O9/c1-10(2)8-13(20(32)33)23-18(30)14-4-3-7-24(14)19(31)12(5-6-15(25)26)22-17(29)11(21)9-16(27)28/h10-14H,3-9,21H2,1-2H3,(H,22,29)(H,23,30)(H,25,26)(H,27,28)(H,32,33)/t11-,12-,13-,14-/m0/s1. The largest absolute Gasteiger partial charge is 0.481 e.